The summed E-state index contributed by atoms with van der Waals surface area (Å²) in [6.45, 7) is 0.760. The number of rotatable bonds is 7. The van der Waals surface area contributed by atoms with Crippen LogP contribution in [0.5, 0.6) is 0 Å². The monoisotopic (exact) mass is 322 g/mol. The standard InChI is InChI=1S/C19H18N2O3/c22-15-21-18-11-9-16(10-12-18)6-4-5-13-20-19(23)24-14-17-7-2-1-3-8-17/h1-4,6-12H,5,13-14H2,(H,20,23). The summed E-state index contributed by atoms with van der Waals surface area (Å²) in [5, 5.41) is 2.69. The van der Waals surface area contributed by atoms with Crippen molar-refractivity contribution < 1.29 is 14.3 Å². The van der Waals surface area contributed by atoms with Gasteiger partial charge >= 0.3 is 6.09 Å². The molecule has 1 amide bonds. The highest BCUT2D eigenvalue weighted by Gasteiger charge is 2.00. The molecule has 0 saturated heterocycles. The molecule has 0 aliphatic rings. The molecule has 24 heavy (non-hydrogen) atoms. The minimum absolute atomic E-state index is 0.262. The van der Waals surface area contributed by atoms with Gasteiger partial charge in [0.2, 0.25) is 6.08 Å². The van der Waals surface area contributed by atoms with E-state index in [2.05, 4.69) is 10.3 Å². The van der Waals surface area contributed by atoms with Gasteiger partial charge in [0, 0.05) is 6.54 Å². The summed E-state index contributed by atoms with van der Waals surface area (Å²) in [6, 6.07) is 16.7. The van der Waals surface area contributed by atoms with Gasteiger partial charge in [0.25, 0.3) is 0 Å². The number of nitrogens with one attached hydrogen (secondary N) is 1. The molecular formula is C19H18N2O3. The Bertz CT molecular complexity index is 718. The van der Waals surface area contributed by atoms with Crippen LogP contribution in [0.1, 0.15) is 17.5 Å². The van der Waals surface area contributed by atoms with E-state index in [0.29, 0.717) is 18.7 Å². The first-order valence-electron chi connectivity index (χ1n) is 7.57. The maximum atomic E-state index is 11.5. The number of hydrogen-bond donors (Lipinski definition) is 1. The Hall–Kier alpha value is -3.17. The molecule has 0 aliphatic heterocycles. The fourth-order valence-electron chi connectivity index (χ4n) is 1.96. The maximum Gasteiger partial charge on any atom is 0.407 e. The molecule has 5 nitrogen and oxygen atoms in total. The summed E-state index contributed by atoms with van der Waals surface area (Å²) < 4.78 is 5.11. The highest BCUT2D eigenvalue weighted by Crippen LogP contribution is 2.13. The molecule has 0 saturated carbocycles. The molecule has 1 N–H and O–H groups in total. The van der Waals surface area contributed by atoms with Crippen molar-refractivity contribution in [3.63, 3.8) is 0 Å². The van der Waals surface area contributed by atoms with Crippen LogP contribution < -0.4 is 5.32 Å². The Morgan fingerprint density at radius 3 is 2.58 bits per heavy atom. The molecular weight excluding hydrogens is 304 g/mol. The van der Waals surface area contributed by atoms with Crippen molar-refractivity contribution in [1.82, 2.24) is 5.32 Å². The van der Waals surface area contributed by atoms with Crippen molar-refractivity contribution in [3.05, 3.63) is 71.8 Å². The van der Waals surface area contributed by atoms with E-state index in [1.54, 1.807) is 12.1 Å². The highest BCUT2D eigenvalue weighted by atomic mass is 16.5. The van der Waals surface area contributed by atoms with Crippen molar-refractivity contribution >= 4 is 23.9 Å². The SMILES string of the molecule is O=C=Nc1ccc(C=CCCNC(=O)OCc2ccccc2)cc1. The molecule has 0 heterocycles. The van der Waals surface area contributed by atoms with Crippen LogP contribution in [0.25, 0.3) is 6.08 Å². The molecule has 0 radical (unpaired) electrons. The van der Waals surface area contributed by atoms with Crippen molar-refractivity contribution in [2.45, 2.75) is 13.0 Å². The van der Waals surface area contributed by atoms with E-state index in [0.717, 1.165) is 11.1 Å². The summed E-state index contributed by atoms with van der Waals surface area (Å²) >= 11 is 0. The lowest BCUT2D eigenvalue weighted by molar-refractivity contribution is 0.140. The zero-order valence-electron chi connectivity index (χ0n) is 13.1. The van der Waals surface area contributed by atoms with Gasteiger partial charge in [0.05, 0.1) is 5.69 Å². The number of aliphatic imine (C=N–C) groups is 1. The van der Waals surface area contributed by atoms with E-state index in [4.69, 9.17) is 4.74 Å². The van der Waals surface area contributed by atoms with Crippen LogP contribution in [0.3, 0.4) is 0 Å². The number of amides is 1. The predicted molar refractivity (Wildman–Crippen MR) is 92.5 cm³/mol. The zero-order chi connectivity index (χ0) is 17.0. The number of hydrogen-bond acceptors (Lipinski definition) is 4. The van der Waals surface area contributed by atoms with Gasteiger partial charge in [-0.3, -0.25) is 0 Å². The van der Waals surface area contributed by atoms with E-state index in [1.807, 2.05) is 54.6 Å². The molecule has 0 fully saturated rings. The van der Waals surface area contributed by atoms with Crippen molar-refractivity contribution in [3.8, 4) is 0 Å². The molecule has 5 heteroatoms. The lowest BCUT2D eigenvalue weighted by atomic mass is 10.2. The van der Waals surface area contributed by atoms with Gasteiger partial charge in [-0.2, -0.15) is 4.99 Å². The van der Waals surface area contributed by atoms with Crippen molar-refractivity contribution in [2.75, 3.05) is 6.54 Å². The first-order chi connectivity index (χ1) is 11.8. The van der Waals surface area contributed by atoms with Gasteiger partial charge in [0.15, 0.2) is 0 Å². The minimum Gasteiger partial charge on any atom is -0.445 e. The van der Waals surface area contributed by atoms with E-state index >= 15 is 0 Å². The Labute approximate surface area is 140 Å². The van der Waals surface area contributed by atoms with Gasteiger partial charge in [-0.1, -0.05) is 54.6 Å². The number of benzene rings is 2. The Morgan fingerprint density at radius 2 is 1.88 bits per heavy atom. The second-order valence-corrected chi connectivity index (χ2v) is 4.97. The highest BCUT2D eigenvalue weighted by molar-refractivity contribution is 5.67. The maximum absolute atomic E-state index is 11.5. The van der Waals surface area contributed by atoms with E-state index in [9.17, 15) is 9.59 Å². The molecule has 0 spiro atoms. The van der Waals surface area contributed by atoms with Gasteiger partial charge in [-0.05, 0) is 29.7 Å². The van der Waals surface area contributed by atoms with Crippen LogP contribution in [0.2, 0.25) is 0 Å². The third-order valence-corrected chi connectivity index (χ3v) is 3.17. The van der Waals surface area contributed by atoms with E-state index in [-0.39, 0.29) is 6.61 Å². The van der Waals surface area contributed by atoms with Crippen LogP contribution in [-0.4, -0.2) is 18.7 Å². The Morgan fingerprint density at radius 1 is 1.12 bits per heavy atom. The average Bonchev–Trinajstić information content (AvgIpc) is 2.62. The number of carbonyl (C=O) groups is 1. The first-order valence-corrected chi connectivity index (χ1v) is 7.57. The first kappa shape index (κ1) is 17.2. The lowest BCUT2D eigenvalue weighted by Gasteiger charge is -2.05. The van der Waals surface area contributed by atoms with Crippen LogP contribution in [0, 0.1) is 0 Å². The normalized spacial score (nSPS) is 10.2. The van der Waals surface area contributed by atoms with Gasteiger partial charge in [-0.25, -0.2) is 9.59 Å². The molecule has 2 aromatic rings. The molecule has 0 aromatic heterocycles. The summed E-state index contributed by atoms with van der Waals surface area (Å²) in [4.78, 5) is 25.2. The third kappa shape index (κ3) is 6.30. The Kier molecular flexibility index (Phi) is 7.00. The molecule has 0 aliphatic carbocycles. The largest absolute Gasteiger partial charge is 0.445 e. The van der Waals surface area contributed by atoms with E-state index in [1.165, 1.54) is 6.08 Å². The number of isocyanates is 1. The fourth-order valence-corrected chi connectivity index (χ4v) is 1.96. The molecule has 0 atom stereocenters. The van der Waals surface area contributed by atoms with Crippen molar-refractivity contribution in [1.29, 1.82) is 0 Å². The molecule has 2 aromatic carbocycles. The zero-order valence-corrected chi connectivity index (χ0v) is 13.1. The second-order valence-electron chi connectivity index (χ2n) is 4.97. The van der Waals surface area contributed by atoms with Crippen LogP contribution >= 0.6 is 0 Å². The third-order valence-electron chi connectivity index (χ3n) is 3.17. The van der Waals surface area contributed by atoms with Gasteiger partial charge < -0.3 is 10.1 Å². The average molecular weight is 322 g/mol. The minimum atomic E-state index is -0.427. The van der Waals surface area contributed by atoms with Crippen LogP contribution in [0.15, 0.2) is 65.7 Å². The fraction of sp³-hybridized carbons (Fsp3) is 0.158. The van der Waals surface area contributed by atoms with E-state index < -0.39 is 6.09 Å². The molecule has 0 unspecified atom stereocenters. The van der Waals surface area contributed by atoms with Gasteiger partial charge in [0.1, 0.15) is 6.61 Å². The summed E-state index contributed by atoms with van der Waals surface area (Å²) in [7, 11) is 0. The number of carbonyl (C=O) groups excluding carboxylic acids is 2. The topological polar surface area (TPSA) is 67.8 Å². The number of nitrogens with zero attached hydrogens (tertiary/aromatic N) is 1. The molecule has 2 rings (SSSR count). The van der Waals surface area contributed by atoms with Gasteiger partial charge in [-0.15, -0.1) is 0 Å². The van der Waals surface area contributed by atoms with Crippen LogP contribution in [-0.2, 0) is 16.1 Å². The number of ether oxygens (including phenoxy) is 1. The summed E-state index contributed by atoms with van der Waals surface area (Å²) in [5.74, 6) is 0. The predicted octanol–water partition coefficient (Wildman–Crippen LogP) is 3.98. The smallest absolute Gasteiger partial charge is 0.407 e. The van der Waals surface area contributed by atoms with Crippen molar-refractivity contribution in [2.24, 2.45) is 4.99 Å². The summed E-state index contributed by atoms with van der Waals surface area (Å²) in [5.41, 5.74) is 2.52. The molecule has 122 valence electrons. The second kappa shape index (κ2) is 9.77. The molecule has 0 bridgehead atoms. The lowest BCUT2D eigenvalue weighted by Crippen LogP contribution is -2.24. The summed E-state index contributed by atoms with van der Waals surface area (Å²) in [6.07, 6.45) is 5.65. The Balaban J connectivity index is 1.64. The quantitative estimate of drug-likeness (QED) is 0.476. The van der Waals surface area contributed by atoms with Crippen LogP contribution in [0.4, 0.5) is 10.5 Å². The number of alkyl carbamates (subject to hydrolysis) is 1.